The number of sulfonamides is 1. The summed E-state index contributed by atoms with van der Waals surface area (Å²) < 4.78 is 134. The Labute approximate surface area is 447 Å². The molecule has 5 aromatic rings. The van der Waals surface area contributed by atoms with Gasteiger partial charge in [0, 0.05) is 24.8 Å². The van der Waals surface area contributed by atoms with Gasteiger partial charge in [0.15, 0.2) is 21.4 Å². The van der Waals surface area contributed by atoms with Crippen LogP contribution in [0.25, 0.3) is 5.69 Å². The third-order valence-electron chi connectivity index (χ3n) is 10.2. The molecule has 0 saturated heterocycles. The number of hydrogen-bond donors (Lipinski definition) is 5. The number of ketones is 1. The second-order valence-electron chi connectivity index (χ2n) is 16.5. The lowest BCUT2D eigenvalue weighted by molar-refractivity contribution is -0.138. The van der Waals surface area contributed by atoms with Gasteiger partial charge in [-0.05, 0) is 81.5 Å². The molecule has 6 rings (SSSR count). The maximum absolute atomic E-state index is 12.8. The van der Waals surface area contributed by atoms with Crippen molar-refractivity contribution >= 4 is 91.3 Å². The van der Waals surface area contributed by atoms with Crippen molar-refractivity contribution < 1.29 is 81.9 Å². The minimum atomic E-state index is -4.71. The first kappa shape index (κ1) is 65.0. The van der Waals surface area contributed by atoms with E-state index in [1.54, 1.807) is 12.0 Å². The summed E-state index contributed by atoms with van der Waals surface area (Å²) in [5, 5.41) is 17.2. The Morgan fingerprint density at radius 1 is 1.01 bits per heavy atom. The van der Waals surface area contributed by atoms with Crippen LogP contribution in [0, 0.1) is 13.8 Å². The molecule has 1 aliphatic rings. The highest BCUT2D eigenvalue weighted by atomic mass is 35.5. The number of aliphatic carboxylic acids is 1. The molecule has 1 atom stereocenters. The highest BCUT2D eigenvalue weighted by Gasteiger charge is 2.36. The van der Waals surface area contributed by atoms with Gasteiger partial charge in [-0.1, -0.05) is 53.5 Å². The van der Waals surface area contributed by atoms with Gasteiger partial charge in [0.1, 0.15) is 11.7 Å². The molecule has 0 radical (unpaired) electrons. The predicted octanol–water partition coefficient (Wildman–Crippen LogP) is 7.58. The number of carbonyl (C=O) groups excluding carboxylic acids is 2. The Hall–Kier alpha value is -5.29. The van der Waals surface area contributed by atoms with Crippen LogP contribution in [0.2, 0.25) is 10.0 Å². The Balaban J connectivity index is 0.000000277. The van der Waals surface area contributed by atoms with Crippen LogP contribution in [-0.2, 0) is 51.3 Å². The number of alkyl halides is 6. The number of aromatic nitrogens is 4. The molecule has 1 amide bonds. The van der Waals surface area contributed by atoms with Crippen LogP contribution < -0.4 is 20.6 Å². The molecule has 2 aromatic heterocycles. The van der Waals surface area contributed by atoms with Crippen LogP contribution in [0.1, 0.15) is 83.4 Å². The third kappa shape index (κ3) is 18.7. The first-order chi connectivity index (χ1) is 35.1. The van der Waals surface area contributed by atoms with Crippen molar-refractivity contribution in [3.63, 3.8) is 0 Å². The first-order valence-electron chi connectivity index (χ1n) is 21.8. The number of sulfone groups is 1. The number of rotatable bonds is 18. The number of hydrogen-bond acceptors (Lipinski definition) is 14. The lowest BCUT2D eigenvalue weighted by Gasteiger charge is -2.31. The Bertz CT molecular complexity index is 3220. The summed E-state index contributed by atoms with van der Waals surface area (Å²) in [5.74, 6) is -1.81. The van der Waals surface area contributed by atoms with Crippen molar-refractivity contribution in [3.05, 3.63) is 115 Å². The first-order valence-corrected chi connectivity index (χ1v) is 28.7. The minimum Gasteiger partial charge on any atom is -0.480 e. The molecule has 0 spiro atoms. The number of carboxylic acid groups (broad SMARTS) is 1. The minimum absolute atomic E-state index is 0.0223. The van der Waals surface area contributed by atoms with E-state index in [4.69, 9.17) is 59.0 Å². The molecule has 1 saturated carbocycles. The number of aryl methyl sites for hydroxylation is 3. The zero-order valence-electron chi connectivity index (χ0n) is 41.2. The molecule has 32 heteroatoms. The zero-order chi connectivity index (χ0) is 57.8. The summed E-state index contributed by atoms with van der Waals surface area (Å²) in [6.45, 7) is 4.27. The van der Waals surface area contributed by atoms with E-state index in [0.717, 1.165) is 60.7 Å². The van der Waals surface area contributed by atoms with Crippen LogP contribution in [0.5, 0.6) is 0 Å². The Kier molecular flexibility index (Phi) is 23.4. The lowest BCUT2D eigenvalue weighted by atomic mass is 10.0. The van der Waals surface area contributed by atoms with E-state index in [0.29, 0.717) is 29.2 Å². The SMILES string of the molecule is CCc1cccc(C)c1N(C(=O)CCl)C(C)COC.CS(=O)(=O)c1cc(C(F)(F)F)ccc1C(=O)c1cnoc1C1CC1.Cc1nn(-c2cc(NS(C)(=O)=O)c(Cl)cc2Cl)c(=O)n1C(F)F.O=C(O)CNCP(=O)(O)O. The number of ether oxygens (including phenoxy) is 1. The van der Waals surface area contributed by atoms with Crippen LogP contribution in [0.3, 0.4) is 0 Å². The fourth-order valence-corrected chi connectivity index (χ4v) is 9.43. The highest BCUT2D eigenvalue weighted by molar-refractivity contribution is 7.92. The van der Waals surface area contributed by atoms with Crippen LogP contribution in [0.4, 0.5) is 33.3 Å². The number of carboxylic acids is 1. The van der Waals surface area contributed by atoms with Gasteiger partial charge < -0.3 is 29.1 Å². The number of methoxy groups -OCH3 is 1. The van der Waals surface area contributed by atoms with E-state index in [1.165, 1.54) is 19.2 Å². The molecule has 21 nitrogen and oxygen atoms in total. The molecule has 1 fully saturated rings. The van der Waals surface area contributed by atoms with E-state index in [-0.39, 0.29) is 66.7 Å². The summed E-state index contributed by atoms with van der Waals surface area (Å²) in [6, 6.07) is 10.4. The lowest BCUT2D eigenvalue weighted by Crippen LogP contribution is -2.43. The second-order valence-corrected chi connectivity index (χ2v) is 23.0. The van der Waals surface area contributed by atoms with Crippen molar-refractivity contribution in [1.29, 1.82) is 0 Å². The van der Waals surface area contributed by atoms with Crippen LogP contribution in [-0.4, -0.2) is 120 Å². The molecular formula is C44H52Cl3F5N7O14PS2. The number of nitrogens with one attached hydrogen (secondary N) is 2. The standard InChI is InChI=1S/C15H22ClNO2.C15H12F3NO4S.C11H10Cl2F2N4O3S.C3H8NO5P/c1-5-13-8-6-7-11(2)15(13)17(14(18)9-16)12(3)10-19-4;1-24(21,22)12-6-9(15(16,17)18)4-5-10(12)13(20)11-7-19-23-14(11)8-2-3-8;1-5-16-19(11(20)18(5)10(14)15)9-4-8(17-23(2,21)22)6(12)3-7(9)13;5-3(6)1-4-2-10(7,8)9/h6-8,12H,5,9-10H2,1-4H3;4-8H,2-3H2,1H3;3-4,10,17H,1-2H3;4H,1-2H2,(H,5,6)(H2,7,8,9). The van der Waals surface area contributed by atoms with Gasteiger partial charge in [-0.25, -0.2) is 26.2 Å². The van der Waals surface area contributed by atoms with Crippen molar-refractivity contribution in [1.82, 2.24) is 24.8 Å². The van der Waals surface area contributed by atoms with Crippen LogP contribution >= 0.6 is 42.4 Å². The predicted molar refractivity (Wildman–Crippen MR) is 271 cm³/mol. The third-order valence-corrected chi connectivity index (χ3v) is 13.5. The maximum atomic E-state index is 12.8. The van der Waals surface area contributed by atoms with Crippen molar-refractivity contribution in [2.75, 3.05) is 54.6 Å². The van der Waals surface area contributed by atoms with Gasteiger partial charge in [0.2, 0.25) is 15.9 Å². The smallest absolute Gasteiger partial charge is 0.416 e. The van der Waals surface area contributed by atoms with Gasteiger partial charge in [-0.2, -0.15) is 26.6 Å². The molecule has 3 aromatic carbocycles. The highest BCUT2D eigenvalue weighted by Crippen LogP contribution is 2.43. The topological polar surface area (TPSA) is 300 Å². The molecule has 0 bridgehead atoms. The molecule has 1 unspecified atom stereocenters. The number of benzene rings is 3. The summed E-state index contributed by atoms with van der Waals surface area (Å²) in [5.41, 5.74) is 0.568. The molecule has 2 heterocycles. The van der Waals surface area contributed by atoms with Crippen molar-refractivity contribution in [3.8, 4) is 5.69 Å². The van der Waals surface area contributed by atoms with Gasteiger partial charge in [-0.15, -0.1) is 16.7 Å². The van der Waals surface area contributed by atoms with Crippen LogP contribution in [0.15, 0.2) is 68.9 Å². The van der Waals surface area contributed by atoms with Gasteiger partial charge in [0.25, 0.3) is 0 Å². The largest absolute Gasteiger partial charge is 0.480 e. The van der Waals surface area contributed by atoms with E-state index in [2.05, 4.69) is 33.3 Å². The maximum Gasteiger partial charge on any atom is 0.416 e. The summed E-state index contributed by atoms with van der Waals surface area (Å²) in [7, 11) is -10.1. The summed E-state index contributed by atoms with van der Waals surface area (Å²) in [6.07, 6.45) is 0.0379. The fraction of sp³-hybridized carbons (Fsp3) is 0.409. The van der Waals surface area contributed by atoms with Gasteiger partial charge in [-0.3, -0.25) is 29.0 Å². The molecule has 1 aliphatic carbocycles. The summed E-state index contributed by atoms with van der Waals surface area (Å²) in [4.78, 5) is 64.1. The average Bonchev–Trinajstić information content (AvgIpc) is 3.94. The zero-order valence-corrected chi connectivity index (χ0v) is 46.0. The number of para-hydroxylation sites is 1. The molecule has 0 aliphatic heterocycles. The fourth-order valence-electron chi connectivity index (χ4n) is 6.86. The number of amides is 1. The normalized spacial score (nSPS) is 13.1. The van der Waals surface area contributed by atoms with Gasteiger partial charge >= 0.3 is 32.0 Å². The Morgan fingerprint density at radius 2 is 1.64 bits per heavy atom. The van der Waals surface area contributed by atoms with E-state index in [1.807, 2.05) is 26.0 Å². The number of nitrogens with zero attached hydrogens (tertiary/aromatic N) is 5. The molecule has 5 N–H and O–H groups in total. The summed E-state index contributed by atoms with van der Waals surface area (Å²) >= 11 is 17.6. The quantitative estimate of drug-likeness (QED) is 0.0244. The molecular weight excluding hydrogens is 1150 g/mol. The monoisotopic (exact) mass is 1200 g/mol. The molecule has 76 heavy (non-hydrogen) atoms. The number of halogens is 8. The number of anilines is 2. The number of carbonyl (C=O) groups is 3. The molecule has 420 valence electrons. The Morgan fingerprint density at radius 3 is 2.13 bits per heavy atom. The average molecular weight is 1200 g/mol. The van der Waals surface area contributed by atoms with E-state index >= 15 is 0 Å². The van der Waals surface area contributed by atoms with Crippen molar-refractivity contribution in [2.24, 2.45) is 0 Å². The van der Waals surface area contributed by atoms with Crippen molar-refractivity contribution in [2.45, 2.75) is 76.5 Å². The van der Waals surface area contributed by atoms with E-state index < -0.39 is 80.9 Å². The van der Waals surface area contributed by atoms with E-state index in [9.17, 15) is 62.5 Å². The second kappa shape index (κ2) is 27.3. The van der Waals surface area contributed by atoms with Gasteiger partial charge in [0.05, 0.1) is 81.1 Å².